The average Bonchev–Trinajstić information content (AvgIpc) is 2.47. The van der Waals surface area contributed by atoms with E-state index in [2.05, 4.69) is 20.7 Å². The summed E-state index contributed by atoms with van der Waals surface area (Å²) in [7, 11) is 0. The smallest absolute Gasteiger partial charge is 0.148 e. The topological polar surface area (TPSA) is 75.9 Å². The molecule has 0 aliphatic heterocycles. The lowest BCUT2D eigenvalue weighted by atomic mass is 10.2. The van der Waals surface area contributed by atoms with Crippen LogP contribution in [0.5, 0.6) is 0 Å². The molecule has 0 spiro atoms. The number of hydrogen-bond acceptors (Lipinski definition) is 5. The second-order valence-corrected chi connectivity index (χ2v) is 4.81. The van der Waals surface area contributed by atoms with Gasteiger partial charge in [0.15, 0.2) is 0 Å². The summed E-state index contributed by atoms with van der Waals surface area (Å²) in [6.07, 6.45) is 0.746. The molecule has 0 amide bonds. The maximum atomic E-state index is 6.14. The summed E-state index contributed by atoms with van der Waals surface area (Å²) in [6.45, 7) is 4.52. The lowest BCUT2D eigenvalue weighted by Crippen LogP contribution is -2.14. The Hall–Kier alpha value is -1.85. The normalized spacial score (nSPS) is 10.4. The highest BCUT2D eigenvalue weighted by molar-refractivity contribution is 6.31. The van der Waals surface area contributed by atoms with Gasteiger partial charge in [-0.2, -0.15) is 0 Å². The Morgan fingerprint density at radius 3 is 2.55 bits per heavy atom. The first-order valence-electron chi connectivity index (χ1n) is 6.47. The molecule has 0 atom stereocenters. The van der Waals surface area contributed by atoms with Crippen molar-refractivity contribution in [2.45, 2.75) is 26.8 Å². The summed E-state index contributed by atoms with van der Waals surface area (Å²) in [5.74, 6) is 7.63. The predicted octanol–water partition coefficient (Wildman–Crippen LogP) is 2.90. The van der Waals surface area contributed by atoms with Gasteiger partial charge >= 0.3 is 0 Å². The molecular weight excluding hydrogens is 274 g/mol. The SMILES string of the molecule is CCc1nc(NN)c(C)c(NCc2ccccc2Cl)n1. The molecule has 0 aliphatic rings. The van der Waals surface area contributed by atoms with Crippen molar-refractivity contribution in [2.75, 3.05) is 10.7 Å². The standard InChI is InChI=1S/C14H18ClN5/c1-3-12-18-13(9(2)14(19-12)20-16)17-8-10-6-4-5-7-11(10)15/h4-7H,3,8,16H2,1-2H3,(H2,17,18,19,20). The Kier molecular flexibility index (Phi) is 4.76. The van der Waals surface area contributed by atoms with Gasteiger partial charge in [-0.1, -0.05) is 36.7 Å². The van der Waals surface area contributed by atoms with Gasteiger partial charge < -0.3 is 10.7 Å². The van der Waals surface area contributed by atoms with E-state index in [1.165, 1.54) is 0 Å². The van der Waals surface area contributed by atoms with E-state index in [0.29, 0.717) is 12.4 Å². The molecule has 2 aromatic rings. The van der Waals surface area contributed by atoms with E-state index >= 15 is 0 Å². The summed E-state index contributed by atoms with van der Waals surface area (Å²) in [4.78, 5) is 8.81. The highest BCUT2D eigenvalue weighted by atomic mass is 35.5. The first-order valence-corrected chi connectivity index (χ1v) is 6.85. The van der Waals surface area contributed by atoms with Gasteiger partial charge in [0.2, 0.25) is 0 Å². The molecule has 0 bridgehead atoms. The fourth-order valence-corrected chi connectivity index (χ4v) is 2.06. The van der Waals surface area contributed by atoms with Gasteiger partial charge in [-0.3, -0.25) is 0 Å². The second-order valence-electron chi connectivity index (χ2n) is 4.40. The zero-order chi connectivity index (χ0) is 14.5. The van der Waals surface area contributed by atoms with Gasteiger partial charge in [0.1, 0.15) is 17.5 Å². The minimum atomic E-state index is 0.602. The third kappa shape index (κ3) is 3.18. The Bertz CT molecular complexity index is 600. The predicted molar refractivity (Wildman–Crippen MR) is 82.7 cm³/mol. The van der Waals surface area contributed by atoms with E-state index in [4.69, 9.17) is 17.4 Å². The number of aromatic nitrogens is 2. The fourth-order valence-electron chi connectivity index (χ4n) is 1.85. The molecule has 106 valence electrons. The average molecular weight is 292 g/mol. The maximum Gasteiger partial charge on any atom is 0.148 e. The van der Waals surface area contributed by atoms with Crippen molar-refractivity contribution in [1.82, 2.24) is 9.97 Å². The molecule has 0 aliphatic carbocycles. The zero-order valence-electron chi connectivity index (χ0n) is 11.6. The van der Waals surface area contributed by atoms with Crippen LogP contribution in [-0.4, -0.2) is 9.97 Å². The van der Waals surface area contributed by atoms with Crippen molar-refractivity contribution in [1.29, 1.82) is 0 Å². The van der Waals surface area contributed by atoms with E-state index in [9.17, 15) is 0 Å². The number of aryl methyl sites for hydroxylation is 1. The Morgan fingerprint density at radius 1 is 1.20 bits per heavy atom. The minimum absolute atomic E-state index is 0.602. The Balaban J connectivity index is 2.23. The highest BCUT2D eigenvalue weighted by Gasteiger charge is 2.09. The van der Waals surface area contributed by atoms with Crippen molar-refractivity contribution in [2.24, 2.45) is 5.84 Å². The molecule has 5 nitrogen and oxygen atoms in total. The molecule has 1 heterocycles. The van der Waals surface area contributed by atoms with Crippen molar-refractivity contribution >= 4 is 23.2 Å². The molecule has 0 saturated carbocycles. The number of nitrogens with two attached hydrogens (primary N) is 1. The van der Waals surface area contributed by atoms with Gasteiger partial charge in [-0.25, -0.2) is 15.8 Å². The molecule has 6 heteroatoms. The molecule has 0 saturated heterocycles. The van der Waals surface area contributed by atoms with Crippen LogP contribution >= 0.6 is 11.6 Å². The Labute approximate surface area is 123 Å². The molecule has 0 fully saturated rings. The van der Waals surface area contributed by atoms with E-state index in [0.717, 1.165) is 34.2 Å². The van der Waals surface area contributed by atoms with Gasteiger partial charge in [-0.15, -0.1) is 0 Å². The number of hydrogen-bond donors (Lipinski definition) is 3. The number of halogens is 1. The summed E-state index contributed by atoms with van der Waals surface area (Å²) >= 11 is 6.14. The summed E-state index contributed by atoms with van der Waals surface area (Å²) in [5, 5.41) is 4.02. The van der Waals surface area contributed by atoms with Gasteiger partial charge in [0, 0.05) is 23.6 Å². The van der Waals surface area contributed by atoms with E-state index in [1.807, 2.05) is 38.1 Å². The number of anilines is 2. The first kappa shape index (κ1) is 14.6. The van der Waals surface area contributed by atoms with Crippen LogP contribution in [0.4, 0.5) is 11.6 Å². The van der Waals surface area contributed by atoms with Crippen molar-refractivity contribution < 1.29 is 0 Å². The van der Waals surface area contributed by atoms with Crippen LogP contribution in [0, 0.1) is 6.92 Å². The Morgan fingerprint density at radius 2 is 1.90 bits per heavy atom. The number of hydrazine groups is 1. The van der Waals surface area contributed by atoms with E-state index in [1.54, 1.807) is 0 Å². The van der Waals surface area contributed by atoms with Crippen molar-refractivity contribution in [3.05, 3.63) is 46.2 Å². The van der Waals surface area contributed by atoms with Gasteiger partial charge in [-0.05, 0) is 18.6 Å². The minimum Gasteiger partial charge on any atom is -0.366 e. The summed E-state index contributed by atoms with van der Waals surface area (Å²) in [6, 6.07) is 7.72. The lowest BCUT2D eigenvalue weighted by molar-refractivity contribution is 0.921. The fraction of sp³-hybridized carbons (Fsp3) is 0.286. The van der Waals surface area contributed by atoms with Gasteiger partial charge in [0.25, 0.3) is 0 Å². The quantitative estimate of drug-likeness (QED) is 0.583. The van der Waals surface area contributed by atoms with Crippen molar-refractivity contribution in [3.63, 3.8) is 0 Å². The molecule has 0 radical (unpaired) electrons. The lowest BCUT2D eigenvalue weighted by Gasteiger charge is -2.13. The monoisotopic (exact) mass is 291 g/mol. The molecule has 0 unspecified atom stereocenters. The van der Waals surface area contributed by atoms with Crippen LogP contribution in [0.15, 0.2) is 24.3 Å². The van der Waals surface area contributed by atoms with Crippen LogP contribution < -0.4 is 16.6 Å². The van der Waals surface area contributed by atoms with Crippen LogP contribution in [0.2, 0.25) is 5.02 Å². The third-order valence-electron chi connectivity index (χ3n) is 3.05. The van der Waals surface area contributed by atoms with Crippen molar-refractivity contribution in [3.8, 4) is 0 Å². The molecule has 2 rings (SSSR count). The number of nitrogen functional groups attached to an aromatic ring is 1. The van der Waals surface area contributed by atoms with E-state index < -0.39 is 0 Å². The van der Waals surface area contributed by atoms with E-state index in [-0.39, 0.29) is 0 Å². The largest absolute Gasteiger partial charge is 0.366 e. The number of benzene rings is 1. The highest BCUT2D eigenvalue weighted by Crippen LogP contribution is 2.21. The molecule has 1 aromatic carbocycles. The van der Waals surface area contributed by atoms with Crippen LogP contribution in [0.1, 0.15) is 23.9 Å². The summed E-state index contributed by atoms with van der Waals surface area (Å²) in [5.41, 5.74) is 4.51. The first-order chi connectivity index (χ1) is 9.65. The number of nitrogens with one attached hydrogen (secondary N) is 2. The molecule has 20 heavy (non-hydrogen) atoms. The zero-order valence-corrected chi connectivity index (χ0v) is 12.3. The van der Waals surface area contributed by atoms with Crippen LogP contribution in [0.25, 0.3) is 0 Å². The molecule has 4 N–H and O–H groups in total. The molecular formula is C14H18ClN5. The summed E-state index contributed by atoms with van der Waals surface area (Å²) < 4.78 is 0. The third-order valence-corrected chi connectivity index (χ3v) is 3.42. The number of rotatable bonds is 5. The van der Waals surface area contributed by atoms with Crippen LogP contribution in [0.3, 0.4) is 0 Å². The maximum absolute atomic E-state index is 6.14. The second kappa shape index (κ2) is 6.54. The van der Waals surface area contributed by atoms with Crippen LogP contribution in [-0.2, 0) is 13.0 Å². The van der Waals surface area contributed by atoms with Gasteiger partial charge in [0.05, 0.1) is 0 Å². The molecule has 1 aromatic heterocycles. The number of nitrogens with zero attached hydrogens (tertiary/aromatic N) is 2.